The number of hydrogen-bond donors (Lipinski definition) is 0. The molecule has 0 unspecified atom stereocenters. The summed E-state index contributed by atoms with van der Waals surface area (Å²) in [4.78, 5) is 43.7. The summed E-state index contributed by atoms with van der Waals surface area (Å²) in [5.74, 6) is 0. The zero-order valence-electron chi connectivity index (χ0n) is 25.4. The molecule has 0 saturated carbocycles. The molecule has 0 amide bonds. The maximum atomic E-state index is 11.8. The van der Waals surface area contributed by atoms with Crippen molar-refractivity contribution in [1.82, 2.24) is 19.9 Å². The van der Waals surface area contributed by atoms with E-state index in [4.69, 9.17) is 19.9 Å². The van der Waals surface area contributed by atoms with Crippen LogP contribution in [0.4, 0.5) is 11.4 Å². The first-order valence-electron chi connectivity index (χ1n) is 15.3. The van der Waals surface area contributed by atoms with Crippen molar-refractivity contribution in [3.63, 3.8) is 0 Å². The van der Waals surface area contributed by atoms with Crippen LogP contribution in [0.1, 0.15) is 0 Å². The predicted molar refractivity (Wildman–Crippen MR) is 191 cm³/mol. The van der Waals surface area contributed by atoms with Gasteiger partial charge in [-0.05, 0) is 57.9 Å². The van der Waals surface area contributed by atoms with Gasteiger partial charge in [0.25, 0.3) is 0 Å². The molecule has 0 aliphatic rings. The summed E-state index contributed by atoms with van der Waals surface area (Å²) in [7, 11) is 0. The topological polar surface area (TPSA) is 110 Å². The molecule has 48 heavy (non-hydrogen) atoms. The number of nitroso groups, excluding NO2 is 2. The van der Waals surface area contributed by atoms with Crippen LogP contribution in [-0.4, -0.2) is 19.9 Å². The highest BCUT2D eigenvalue weighted by molar-refractivity contribution is 5.94. The lowest BCUT2D eigenvalue weighted by molar-refractivity contribution is 1.28. The van der Waals surface area contributed by atoms with Crippen LogP contribution in [0.15, 0.2) is 156 Å². The van der Waals surface area contributed by atoms with Crippen molar-refractivity contribution in [2.75, 3.05) is 0 Å². The molecule has 0 atom stereocenters. The molecule has 226 valence electrons. The summed E-state index contributed by atoms with van der Waals surface area (Å²) in [6, 6.07) is 45.9. The zero-order valence-corrected chi connectivity index (χ0v) is 25.4. The van der Waals surface area contributed by atoms with Gasteiger partial charge in [0, 0.05) is 22.3 Å². The first kappa shape index (κ1) is 28.7. The largest absolute Gasteiger partial charge is 0.244 e. The quantitative estimate of drug-likeness (QED) is 0.164. The summed E-state index contributed by atoms with van der Waals surface area (Å²) in [6.45, 7) is 0. The number of nitrogens with zero attached hydrogens (tertiary/aromatic N) is 6. The van der Waals surface area contributed by atoms with Gasteiger partial charge in [0.15, 0.2) is 0 Å². The number of benzene rings is 6. The normalized spacial score (nSPS) is 11.1. The minimum Gasteiger partial charge on any atom is -0.244 e. The molecule has 8 heteroatoms. The van der Waals surface area contributed by atoms with Gasteiger partial charge in [0.2, 0.25) is 0 Å². The van der Waals surface area contributed by atoms with E-state index in [9.17, 15) is 9.81 Å². The fourth-order valence-electron chi connectivity index (χ4n) is 5.94. The molecule has 8 aromatic rings. The molecule has 0 radical (unpaired) electrons. The number of rotatable bonds is 7. The third-order valence-corrected chi connectivity index (χ3v) is 8.27. The van der Waals surface area contributed by atoms with Crippen LogP contribution in [0.5, 0.6) is 0 Å². The SMILES string of the molecule is O=Nc1ccccc1-c1nc2ccc(-c3ccc4nc(-c5ccccc5)c(-c5ccccc5)nc4c3)cc2nc1-c1ccccc1N=O. The lowest BCUT2D eigenvalue weighted by Crippen LogP contribution is -1.97. The molecule has 8 nitrogen and oxygen atoms in total. The standard InChI is InChI=1S/C40H24N6O2/c47-45-31-17-9-7-15-29(31)39-40(30-16-8-10-18-32(30)46-48)44-36-24-28(20-22-34(36)42-39)27-19-21-33-35(23-27)43-38(26-13-5-2-6-14-26)37(41-33)25-11-3-1-4-12-25/h1-24H. The molecule has 0 spiro atoms. The van der Waals surface area contributed by atoms with E-state index in [-0.39, 0.29) is 11.4 Å². The molecule has 0 aliphatic heterocycles. The minimum absolute atomic E-state index is 0.220. The Morgan fingerprint density at radius 3 is 1.17 bits per heavy atom. The van der Waals surface area contributed by atoms with Crippen LogP contribution in [-0.2, 0) is 0 Å². The van der Waals surface area contributed by atoms with Gasteiger partial charge in [-0.3, -0.25) is 0 Å². The van der Waals surface area contributed by atoms with Crippen molar-refractivity contribution in [3.05, 3.63) is 155 Å². The van der Waals surface area contributed by atoms with Crippen LogP contribution in [0.2, 0.25) is 0 Å². The Balaban J connectivity index is 1.30. The first-order valence-corrected chi connectivity index (χ1v) is 15.3. The lowest BCUT2D eigenvalue weighted by atomic mass is 10.00. The Morgan fingerprint density at radius 2 is 0.708 bits per heavy atom. The third kappa shape index (κ3) is 5.17. The van der Waals surface area contributed by atoms with Gasteiger partial charge in [-0.25, -0.2) is 19.9 Å². The molecular weight excluding hydrogens is 596 g/mol. The van der Waals surface area contributed by atoms with Gasteiger partial charge in [0.1, 0.15) is 11.4 Å². The van der Waals surface area contributed by atoms with Gasteiger partial charge in [-0.1, -0.05) is 109 Å². The van der Waals surface area contributed by atoms with Gasteiger partial charge in [-0.2, -0.15) is 0 Å². The highest BCUT2D eigenvalue weighted by Gasteiger charge is 2.20. The summed E-state index contributed by atoms with van der Waals surface area (Å²) in [5, 5.41) is 6.45. The van der Waals surface area contributed by atoms with Gasteiger partial charge in [0.05, 0.1) is 44.8 Å². The predicted octanol–water partition coefficient (Wildman–Crippen LogP) is 10.7. The molecule has 6 aromatic carbocycles. The molecule has 2 heterocycles. The van der Waals surface area contributed by atoms with E-state index in [1.807, 2.05) is 103 Å². The van der Waals surface area contributed by atoms with E-state index in [0.717, 1.165) is 44.7 Å². The Kier molecular flexibility index (Phi) is 7.28. The smallest absolute Gasteiger partial charge is 0.117 e. The van der Waals surface area contributed by atoms with Crippen molar-refractivity contribution in [3.8, 4) is 56.2 Å². The summed E-state index contributed by atoms with van der Waals surface area (Å²) < 4.78 is 0. The minimum atomic E-state index is 0.220. The van der Waals surface area contributed by atoms with Crippen molar-refractivity contribution < 1.29 is 0 Å². The van der Waals surface area contributed by atoms with Crippen LogP contribution < -0.4 is 0 Å². The second kappa shape index (κ2) is 12.2. The Bertz CT molecular complexity index is 2500. The van der Waals surface area contributed by atoms with E-state index in [2.05, 4.69) is 10.4 Å². The van der Waals surface area contributed by atoms with E-state index >= 15 is 0 Å². The lowest BCUT2D eigenvalue weighted by Gasteiger charge is -2.13. The number of aromatic nitrogens is 4. The molecular formula is C40H24N6O2. The Morgan fingerprint density at radius 1 is 0.333 bits per heavy atom. The fraction of sp³-hybridized carbons (Fsp3) is 0. The van der Waals surface area contributed by atoms with Crippen LogP contribution >= 0.6 is 0 Å². The molecule has 0 N–H and O–H groups in total. The van der Waals surface area contributed by atoms with E-state index in [1.54, 1.807) is 42.5 Å². The van der Waals surface area contributed by atoms with Gasteiger partial charge >= 0.3 is 0 Å². The first-order chi connectivity index (χ1) is 23.7. The van der Waals surface area contributed by atoms with Crippen molar-refractivity contribution >= 4 is 33.4 Å². The maximum absolute atomic E-state index is 11.8. The average Bonchev–Trinajstić information content (AvgIpc) is 3.17. The van der Waals surface area contributed by atoms with Crippen LogP contribution in [0.25, 0.3) is 78.2 Å². The Labute approximate surface area is 274 Å². The van der Waals surface area contributed by atoms with E-state index in [1.165, 1.54) is 0 Å². The van der Waals surface area contributed by atoms with Crippen LogP contribution in [0.3, 0.4) is 0 Å². The average molecular weight is 621 g/mol. The monoisotopic (exact) mass is 620 g/mol. The molecule has 8 rings (SSSR count). The van der Waals surface area contributed by atoms with Crippen molar-refractivity contribution in [1.29, 1.82) is 0 Å². The second-order valence-electron chi connectivity index (χ2n) is 11.2. The summed E-state index contributed by atoms with van der Waals surface area (Å²) in [5.41, 5.74) is 10.5. The zero-order chi connectivity index (χ0) is 32.5. The Hall–Kier alpha value is -6.80. The number of hydrogen-bond acceptors (Lipinski definition) is 8. The molecule has 0 aliphatic carbocycles. The molecule has 0 bridgehead atoms. The van der Waals surface area contributed by atoms with E-state index in [0.29, 0.717) is 33.5 Å². The van der Waals surface area contributed by atoms with E-state index < -0.39 is 0 Å². The second-order valence-corrected chi connectivity index (χ2v) is 11.2. The highest BCUT2D eigenvalue weighted by atomic mass is 16.3. The van der Waals surface area contributed by atoms with Crippen molar-refractivity contribution in [2.24, 2.45) is 10.4 Å². The van der Waals surface area contributed by atoms with Crippen LogP contribution in [0, 0.1) is 9.81 Å². The third-order valence-electron chi connectivity index (χ3n) is 8.27. The molecule has 0 fully saturated rings. The maximum Gasteiger partial charge on any atom is 0.117 e. The summed E-state index contributed by atoms with van der Waals surface area (Å²) in [6.07, 6.45) is 0. The molecule has 2 aromatic heterocycles. The van der Waals surface area contributed by atoms with Crippen molar-refractivity contribution in [2.45, 2.75) is 0 Å². The number of fused-ring (bicyclic) bond motifs is 2. The fourth-order valence-corrected chi connectivity index (χ4v) is 5.94. The van der Waals surface area contributed by atoms with Gasteiger partial charge < -0.3 is 0 Å². The summed E-state index contributed by atoms with van der Waals surface area (Å²) >= 11 is 0. The molecule has 0 saturated heterocycles. The highest BCUT2D eigenvalue weighted by Crippen LogP contribution is 2.40. The van der Waals surface area contributed by atoms with Gasteiger partial charge in [-0.15, -0.1) is 9.81 Å².